The zero-order chi connectivity index (χ0) is 13.3. The molecule has 0 aromatic carbocycles. The lowest BCUT2D eigenvalue weighted by atomic mass is 9.86. The molecule has 2 aromatic rings. The van der Waals surface area contributed by atoms with Crippen LogP contribution in [0, 0.1) is 5.41 Å². The van der Waals surface area contributed by atoms with Gasteiger partial charge in [-0.05, 0) is 30.9 Å². The van der Waals surface area contributed by atoms with Crippen LogP contribution in [0.5, 0.6) is 0 Å². The Morgan fingerprint density at radius 1 is 1.37 bits per heavy atom. The normalized spacial score (nSPS) is 18.0. The Balaban J connectivity index is 1.82. The van der Waals surface area contributed by atoms with E-state index < -0.39 is 0 Å². The van der Waals surface area contributed by atoms with E-state index in [4.69, 9.17) is 5.73 Å². The largest absolute Gasteiger partial charge is 0.368 e. The molecule has 1 aliphatic carbocycles. The number of nitrogens with one attached hydrogen (secondary N) is 1. The average molecular weight is 259 g/mol. The number of pyridine rings is 1. The number of aryl methyl sites for hydroxylation is 1. The van der Waals surface area contributed by atoms with E-state index in [0.717, 1.165) is 29.9 Å². The number of aromatic nitrogens is 3. The SMILES string of the molecule is Cn1cnc2c(NCC3(CN)CCCC3)nccc21. The molecular weight excluding hydrogens is 238 g/mol. The molecule has 0 spiro atoms. The van der Waals surface area contributed by atoms with E-state index in [2.05, 4.69) is 15.3 Å². The zero-order valence-electron chi connectivity index (χ0n) is 11.4. The molecule has 2 aromatic heterocycles. The summed E-state index contributed by atoms with van der Waals surface area (Å²) < 4.78 is 2.01. The van der Waals surface area contributed by atoms with Crippen LogP contribution in [0.15, 0.2) is 18.6 Å². The van der Waals surface area contributed by atoms with Gasteiger partial charge in [0.1, 0.15) is 5.52 Å². The van der Waals surface area contributed by atoms with Gasteiger partial charge in [-0.15, -0.1) is 0 Å². The fraction of sp³-hybridized carbons (Fsp3) is 0.571. The van der Waals surface area contributed by atoms with Crippen molar-refractivity contribution >= 4 is 16.9 Å². The predicted octanol–water partition coefficient (Wildman–Crippen LogP) is 1.90. The van der Waals surface area contributed by atoms with E-state index in [9.17, 15) is 0 Å². The third-order valence-corrected chi connectivity index (χ3v) is 4.37. The first kappa shape index (κ1) is 12.4. The summed E-state index contributed by atoms with van der Waals surface area (Å²) in [6.07, 6.45) is 8.67. The molecule has 19 heavy (non-hydrogen) atoms. The highest BCUT2D eigenvalue weighted by atomic mass is 15.1. The number of anilines is 1. The van der Waals surface area contributed by atoms with E-state index in [0.29, 0.717) is 0 Å². The van der Waals surface area contributed by atoms with E-state index in [1.54, 1.807) is 0 Å². The molecule has 0 aliphatic heterocycles. The summed E-state index contributed by atoms with van der Waals surface area (Å²) in [5.74, 6) is 0.873. The summed E-state index contributed by atoms with van der Waals surface area (Å²) in [4.78, 5) is 8.84. The van der Waals surface area contributed by atoms with Gasteiger partial charge in [0.25, 0.3) is 0 Å². The molecule has 0 bridgehead atoms. The van der Waals surface area contributed by atoms with Crippen molar-refractivity contribution in [2.45, 2.75) is 25.7 Å². The Bertz CT molecular complexity index is 568. The quantitative estimate of drug-likeness (QED) is 0.880. The molecule has 0 atom stereocenters. The number of nitrogens with zero attached hydrogens (tertiary/aromatic N) is 3. The van der Waals surface area contributed by atoms with Crippen molar-refractivity contribution in [3.63, 3.8) is 0 Å². The summed E-state index contributed by atoms with van der Waals surface area (Å²) in [7, 11) is 2.00. The Morgan fingerprint density at radius 2 is 2.16 bits per heavy atom. The van der Waals surface area contributed by atoms with Gasteiger partial charge in [-0.1, -0.05) is 12.8 Å². The Hall–Kier alpha value is -1.62. The molecule has 0 radical (unpaired) electrons. The topological polar surface area (TPSA) is 68.8 Å². The monoisotopic (exact) mass is 259 g/mol. The van der Waals surface area contributed by atoms with Crippen molar-refractivity contribution < 1.29 is 0 Å². The lowest BCUT2D eigenvalue weighted by Gasteiger charge is -2.27. The van der Waals surface area contributed by atoms with Crippen LogP contribution in [-0.2, 0) is 7.05 Å². The number of nitrogens with two attached hydrogens (primary N) is 1. The fourth-order valence-corrected chi connectivity index (χ4v) is 3.04. The molecule has 0 saturated heterocycles. The molecule has 0 amide bonds. The van der Waals surface area contributed by atoms with Gasteiger partial charge in [-0.3, -0.25) is 0 Å². The second-order valence-corrected chi connectivity index (χ2v) is 5.65. The highest BCUT2D eigenvalue weighted by Crippen LogP contribution is 2.37. The van der Waals surface area contributed by atoms with E-state index in [1.807, 2.05) is 30.2 Å². The maximum absolute atomic E-state index is 5.97. The number of imidazole rings is 1. The first-order chi connectivity index (χ1) is 9.24. The van der Waals surface area contributed by atoms with Crippen LogP contribution < -0.4 is 11.1 Å². The van der Waals surface area contributed by atoms with Gasteiger partial charge in [-0.25, -0.2) is 9.97 Å². The molecular formula is C14H21N5. The predicted molar refractivity (Wildman–Crippen MR) is 77.0 cm³/mol. The van der Waals surface area contributed by atoms with Gasteiger partial charge >= 0.3 is 0 Å². The van der Waals surface area contributed by atoms with E-state index in [-0.39, 0.29) is 5.41 Å². The maximum atomic E-state index is 5.97. The van der Waals surface area contributed by atoms with Crippen LogP contribution in [-0.4, -0.2) is 27.6 Å². The molecule has 1 fully saturated rings. The summed E-state index contributed by atoms with van der Waals surface area (Å²) in [5.41, 5.74) is 8.26. The van der Waals surface area contributed by atoms with Gasteiger partial charge < -0.3 is 15.6 Å². The Morgan fingerprint density at radius 3 is 2.89 bits per heavy atom. The molecule has 102 valence electrons. The molecule has 0 unspecified atom stereocenters. The lowest BCUT2D eigenvalue weighted by molar-refractivity contribution is 0.332. The zero-order valence-corrected chi connectivity index (χ0v) is 11.4. The first-order valence-electron chi connectivity index (χ1n) is 6.94. The molecule has 5 nitrogen and oxygen atoms in total. The van der Waals surface area contributed by atoms with Gasteiger partial charge in [0, 0.05) is 19.8 Å². The van der Waals surface area contributed by atoms with Crippen molar-refractivity contribution in [3.8, 4) is 0 Å². The minimum Gasteiger partial charge on any atom is -0.368 e. The molecule has 3 rings (SSSR count). The van der Waals surface area contributed by atoms with Crippen LogP contribution in [0.4, 0.5) is 5.82 Å². The number of rotatable bonds is 4. The summed E-state index contributed by atoms with van der Waals surface area (Å²) in [6.45, 7) is 1.64. The van der Waals surface area contributed by atoms with Gasteiger partial charge in [0.05, 0.1) is 11.8 Å². The summed E-state index contributed by atoms with van der Waals surface area (Å²) >= 11 is 0. The average Bonchev–Trinajstić information content (AvgIpc) is 3.05. The second kappa shape index (κ2) is 4.81. The van der Waals surface area contributed by atoms with Crippen LogP contribution in [0.3, 0.4) is 0 Å². The minimum absolute atomic E-state index is 0.249. The third-order valence-electron chi connectivity index (χ3n) is 4.37. The molecule has 5 heteroatoms. The van der Waals surface area contributed by atoms with Gasteiger partial charge in [0.15, 0.2) is 5.82 Å². The van der Waals surface area contributed by atoms with E-state index in [1.165, 1.54) is 25.7 Å². The van der Waals surface area contributed by atoms with Gasteiger partial charge in [-0.2, -0.15) is 0 Å². The summed E-state index contributed by atoms with van der Waals surface area (Å²) in [6, 6.07) is 1.99. The first-order valence-corrected chi connectivity index (χ1v) is 6.94. The highest BCUT2D eigenvalue weighted by Gasteiger charge is 2.32. The van der Waals surface area contributed by atoms with Crippen LogP contribution >= 0.6 is 0 Å². The highest BCUT2D eigenvalue weighted by molar-refractivity contribution is 5.85. The minimum atomic E-state index is 0.249. The molecule has 2 heterocycles. The summed E-state index contributed by atoms with van der Waals surface area (Å²) in [5, 5.41) is 3.47. The van der Waals surface area contributed by atoms with Crippen LogP contribution in [0.25, 0.3) is 11.0 Å². The van der Waals surface area contributed by atoms with Crippen molar-refractivity contribution in [2.24, 2.45) is 18.2 Å². The van der Waals surface area contributed by atoms with Crippen LogP contribution in [0.1, 0.15) is 25.7 Å². The third kappa shape index (κ3) is 2.18. The lowest BCUT2D eigenvalue weighted by Crippen LogP contribution is -2.34. The maximum Gasteiger partial charge on any atom is 0.154 e. The molecule has 1 saturated carbocycles. The van der Waals surface area contributed by atoms with E-state index >= 15 is 0 Å². The second-order valence-electron chi connectivity index (χ2n) is 5.65. The molecule has 3 N–H and O–H groups in total. The number of fused-ring (bicyclic) bond motifs is 1. The fourth-order valence-electron chi connectivity index (χ4n) is 3.04. The van der Waals surface area contributed by atoms with Crippen molar-refractivity contribution in [2.75, 3.05) is 18.4 Å². The van der Waals surface area contributed by atoms with Crippen molar-refractivity contribution in [1.29, 1.82) is 0 Å². The molecule has 1 aliphatic rings. The van der Waals surface area contributed by atoms with Crippen molar-refractivity contribution in [3.05, 3.63) is 18.6 Å². The smallest absolute Gasteiger partial charge is 0.154 e. The Kier molecular flexibility index (Phi) is 3.14. The standard InChI is InChI=1S/C14H21N5/c1-19-10-18-12-11(19)4-7-16-13(12)17-9-14(8-15)5-2-3-6-14/h4,7,10H,2-3,5-6,8-9,15H2,1H3,(H,16,17). The van der Waals surface area contributed by atoms with Gasteiger partial charge in [0.2, 0.25) is 0 Å². The number of hydrogen-bond acceptors (Lipinski definition) is 4. The Labute approximate surface area is 113 Å². The van der Waals surface area contributed by atoms with Crippen molar-refractivity contribution in [1.82, 2.24) is 14.5 Å². The number of hydrogen-bond donors (Lipinski definition) is 2. The van der Waals surface area contributed by atoms with Crippen LogP contribution in [0.2, 0.25) is 0 Å².